The van der Waals surface area contributed by atoms with E-state index >= 15 is 0 Å². The van der Waals surface area contributed by atoms with Gasteiger partial charge in [-0.2, -0.15) is 0 Å². The molecule has 1 fully saturated rings. The predicted molar refractivity (Wildman–Crippen MR) is 81.4 cm³/mol. The zero-order chi connectivity index (χ0) is 13.9. The number of aromatic nitrogens is 1. The molecule has 2 aromatic rings. The number of carbonyl (C=O) groups excluding carboxylic acids is 1. The van der Waals surface area contributed by atoms with Gasteiger partial charge in [0.25, 0.3) is 0 Å². The van der Waals surface area contributed by atoms with Gasteiger partial charge in [-0.1, -0.05) is 29.8 Å². The molecule has 1 aliphatic rings. The summed E-state index contributed by atoms with van der Waals surface area (Å²) in [6, 6.07) is 11.6. The van der Waals surface area contributed by atoms with Crippen LogP contribution < -0.4 is 0 Å². The smallest absolute Gasteiger partial charge is 0.234 e. The Hall–Kier alpha value is -1.52. The first kappa shape index (κ1) is 13.5. The summed E-state index contributed by atoms with van der Waals surface area (Å²) in [4.78, 5) is 18.1. The Labute approximate surface area is 127 Å². The van der Waals surface area contributed by atoms with Crippen LogP contribution in [-0.2, 0) is 11.3 Å². The molecule has 1 aromatic heterocycles. The molecule has 0 radical (unpaired) electrons. The molecule has 0 saturated carbocycles. The molecule has 20 heavy (non-hydrogen) atoms. The van der Waals surface area contributed by atoms with Crippen LogP contribution in [-0.4, -0.2) is 21.5 Å². The van der Waals surface area contributed by atoms with Crippen molar-refractivity contribution in [3.63, 3.8) is 0 Å². The van der Waals surface area contributed by atoms with Gasteiger partial charge in [0.1, 0.15) is 5.37 Å². The first-order chi connectivity index (χ1) is 9.74. The molecule has 0 N–H and O–H groups in total. The van der Waals surface area contributed by atoms with E-state index in [0.29, 0.717) is 17.3 Å². The Bertz CT molecular complexity index is 603. The Morgan fingerprint density at radius 2 is 2.10 bits per heavy atom. The van der Waals surface area contributed by atoms with Crippen LogP contribution in [0.2, 0.25) is 5.02 Å². The van der Waals surface area contributed by atoms with Gasteiger partial charge < -0.3 is 4.90 Å². The third kappa shape index (κ3) is 2.81. The van der Waals surface area contributed by atoms with Gasteiger partial charge in [0.05, 0.1) is 5.75 Å². The van der Waals surface area contributed by atoms with Crippen LogP contribution in [0.1, 0.15) is 16.5 Å². The lowest BCUT2D eigenvalue weighted by Crippen LogP contribution is -2.27. The molecule has 3 rings (SSSR count). The number of hydrogen-bond acceptors (Lipinski definition) is 3. The molecule has 5 heteroatoms. The normalized spacial score (nSPS) is 18.6. The molecule has 0 unspecified atom stereocenters. The van der Waals surface area contributed by atoms with E-state index in [1.165, 1.54) is 0 Å². The molecule has 102 valence electrons. The fourth-order valence-electron chi connectivity index (χ4n) is 2.22. The van der Waals surface area contributed by atoms with Crippen molar-refractivity contribution in [1.29, 1.82) is 0 Å². The number of pyridine rings is 1. The minimum absolute atomic E-state index is 0.0555. The minimum atomic E-state index is 0.0555. The average molecular weight is 305 g/mol. The second-order valence-corrected chi connectivity index (χ2v) is 6.10. The van der Waals surface area contributed by atoms with Crippen molar-refractivity contribution >= 4 is 29.3 Å². The summed E-state index contributed by atoms with van der Waals surface area (Å²) in [5, 5.41) is 0.766. The molecule has 1 aromatic carbocycles. The van der Waals surface area contributed by atoms with Crippen LogP contribution in [0.5, 0.6) is 0 Å². The number of benzene rings is 1. The maximum Gasteiger partial charge on any atom is 0.234 e. The van der Waals surface area contributed by atoms with Gasteiger partial charge in [-0.25, -0.2) is 0 Å². The van der Waals surface area contributed by atoms with Crippen LogP contribution in [0.4, 0.5) is 0 Å². The first-order valence-corrected chi connectivity index (χ1v) is 7.72. The van der Waals surface area contributed by atoms with Crippen molar-refractivity contribution in [3.8, 4) is 0 Å². The number of carbonyl (C=O) groups is 1. The number of nitrogens with zero attached hydrogens (tertiary/aromatic N) is 2. The van der Waals surface area contributed by atoms with Crippen LogP contribution in [0.15, 0.2) is 48.8 Å². The molecule has 0 bridgehead atoms. The van der Waals surface area contributed by atoms with Gasteiger partial charge in [0.15, 0.2) is 0 Å². The molecular formula is C15H13ClN2OS. The van der Waals surface area contributed by atoms with Crippen molar-refractivity contribution in [3.05, 3.63) is 64.9 Å². The topological polar surface area (TPSA) is 33.2 Å². The molecule has 0 spiro atoms. The van der Waals surface area contributed by atoms with Gasteiger partial charge in [-0.05, 0) is 29.3 Å². The predicted octanol–water partition coefficient (Wildman–Crippen LogP) is 3.51. The van der Waals surface area contributed by atoms with Crippen LogP contribution >= 0.6 is 23.4 Å². The second kappa shape index (κ2) is 5.85. The minimum Gasteiger partial charge on any atom is -0.321 e. The highest BCUT2D eigenvalue weighted by molar-refractivity contribution is 8.00. The van der Waals surface area contributed by atoms with Crippen LogP contribution in [0, 0.1) is 0 Å². The summed E-state index contributed by atoms with van der Waals surface area (Å²) in [6.45, 7) is 0.590. The largest absolute Gasteiger partial charge is 0.321 e. The summed E-state index contributed by atoms with van der Waals surface area (Å²) in [6.07, 6.45) is 3.54. The summed E-state index contributed by atoms with van der Waals surface area (Å²) in [5.41, 5.74) is 2.15. The highest BCUT2D eigenvalue weighted by Gasteiger charge is 2.32. The highest BCUT2D eigenvalue weighted by Crippen LogP contribution is 2.39. The molecule has 1 aliphatic heterocycles. The third-order valence-electron chi connectivity index (χ3n) is 3.20. The third-order valence-corrected chi connectivity index (χ3v) is 4.71. The number of thioether (sulfide) groups is 1. The van der Waals surface area contributed by atoms with Crippen molar-refractivity contribution in [2.24, 2.45) is 0 Å². The Morgan fingerprint density at radius 3 is 2.80 bits per heavy atom. The summed E-state index contributed by atoms with van der Waals surface area (Å²) in [7, 11) is 0. The molecule has 1 amide bonds. The Morgan fingerprint density at radius 1 is 1.30 bits per heavy atom. The number of rotatable bonds is 3. The van der Waals surface area contributed by atoms with E-state index in [9.17, 15) is 4.79 Å². The van der Waals surface area contributed by atoms with E-state index in [-0.39, 0.29) is 11.3 Å². The standard InChI is InChI=1S/C15H13ClN2OS/c16-13-5-3-12(4-6-13)15-18(14(19)10-20-15)9-11-2-1-7-17-8-11/h1-8,15H,9-10H2/t15-/m0/s1. The van der Waals surface area contributed by atoms with Gasteiger partial charge in [-0.15, -0.1) is 11.8 Å². The number of amides is 1. The molecule has 0 aliphatic carbocycles. The quantitative estimate of drug-likeness (QED) is 0.870. The lowest BCUT2D eigenvalue weighted by Gasteiger charge is -2.24. The van der Waals surface area contributed by atoms with Crippen molar-refractivity contribution < 1.29 is 4.79 Å². The van der Waals surface area contributed by atoms with E-state index in [0.717, 1.165) is 11.1 Å². The maximum atomic E-state index is 12.1. The monoisotopic (exact) mass is 304 g/mol. The lowest BCUT2D eigenvalue weighted by molar-refractivity contribution is -0.128. The van der Waals surface area contributed by atoms with Gasteiger partial charge in [0, 0.05) is 24.0 Å². The maximum absolute atomic E-state index is 12.1. The van der Waals surface area contributed by atoms with Crippen LogP contribution in [0.3, 0.4) is 0 Å². The molecule has 1 saturated heterocycles. The van der Waals surface area contributed by atoms with E-state index in [1.54, 1.807) is 24.2 Å². The molecule has 3 nitrogen and oxygen atoms in total. The number of halogens is 1. The summed E-state index contributed by atoms with van der Waals surface area (Å²) < 4.78 is 0. The van der Waals surface area contributed by atoms with Gasteiger partial charge >= 0.3 is 0 Å². The van der Waals surface area contributed by atoms with Crippen molar-refractivity contribution in [2.75, 3.05) is 5.75 Å². The second-order valence-electron chi connectivity index (χ2n) is 4.60. The first-order valence-electron chi connectivity index (χ1n) is 6.29. The SMILES string of the molecule is O=C1CS[C@@H](c2ccc(Cl)cc2)N1Cc1cccnc1. The fraction of sp³-hybridized carbons (Fsp3) is 0.200. The zero-order valence-corrected chi connectivity index (χ0v) is 12.3. The number of hydrogen-bond donors (Lipinski definition) is 0. The average Bonchev–Trinajstić information content (AvgIpc) is 2.83. The molecule has 2 heterocycles. The van der Waals surface area contributed by atoms with Gasteiger partial charge in [-0.3, -0.25) is 9.78 Å². The van der Waals surface area contributed by atoms with E-state index in [2.05, 4.69) is 4.98 Å². The fourth-order valence-corrected chi connectivity index (χ4v) is 3.53. The zero-order valence-electron chi connectivity index (χ0n) is 10.7. The molecule has 1 atom stereocenters. The van der Waals surface area contributed by atoms with Crippen molar-refractivity contribution in [2.45, 2.75) is 11.9 Å². The Balaban J connectivity index is 1.83. The van der Waals surface area contributed by atoms with E-state index in [1.807, 2.05) is 41.3 Å². The lowest BCUT2D eigenvalue weighted by atomic mass is 10.2. The summed E-state index contributed by atoms with van der Waals surface area (Å²) >= 11 is 7.57. The molecular weight excluding hydrogens is 292 g/mol. The summed E-state index contributed by atoms with van der Waals surface area (Å²) in [5.74, 6) is 0.687. The van der Waals surface area contributed by atoms with Crippen LogP contribution in [0.25, 0.3) is 0 Å². The van der Waals surface area contributed by atoms with Crippen molar-refractivity contribution in [1.82, 2.24) is 9.88 Å². The van der Waals surface area contributed by atoms with E-state index < -0.39 is 0 Å². The highest BCUT2D eigenvalue weighted by atomic mass is 35.5. The van der Waals surface area contributed by atoms with Gasteiger partial charge in [0.2, 0.25) is 5.91 Å². The van der Waals surface area contributed by atoms with E-state index in [4.69, 9.17) is 11.6 Å². The Kier molecular flexibility index (Phi) is 3.94.